The first-order valence-electron chi connectivity index (χ1n) is 4.72. The van der Waals surface area contributed by atoms with Gasteiger partial charge in [-0.05, 0) is 6.07 Å². The smallest absolute Gasteiger partial charge is 0.217 e. The van der Waals surface area contributed by atoms with Gasteiger partial charge in [-0.1, -0.05) is 6.07 Å². The van der Waals surface area contributed by atoms with Crippen molar-refractivity contribution in [1.82, 2.24) is 10.3 Å². The monoisotopic (exact) mass is 194 g/mol. The highest BCUT2D eigenvalue weighted by Gasteiger charge is 2.18. The van der Waals surface area contributed by atoms with Crippen molar-refractivity contribution in [2.75, 3.05) is 26.9 Å². The Morgan fingerprint density at radius 2 is 2.57 bits per heavy atom. The summed E-state index contributed by atoms with van der Waals surface area (Å²) in [5.41, 5.74) is 1.06. The molecule has 0 spiro atoms. The van der Waals surface area contributed by atoms with E-state index in [9.17, 15) is 0 Å². The fraction of sp³-hybridized carbons (Fsp3) is 0.500. The van der Waals surface area contributed by atoms with E-state index in [0.717, 1.165) is 18.7 Å². The quantitative estimate of drug-likeness (QED) is 0.754. The summed E-state index contributed by atoms with van der Waals surface area (Å²) < 4.78 is 10.6. The van der Waals surface area contributed by atoms with Gasteiger partial charge < -0.3 is 14.8 Å². The van der Waals surface area contributed by atoms with Crippen molar-refractivity contribution >= 4 is 0 Å². The van der Waals surface area contributed by atoms with Crippen LogP contribution in [0.15, 0.2) is 18.3 Å². The summed E-state index contributed by atoms with van der Waals surface area (Å²) in [4.78, 5) is 4.15. The molecule has 2 heterocycles. The average molecular weight is 194 g/mol. The number of pyridine rings is 1. The van der Waals surface area contributed by atoms with E-state index in [0.29, 0.717) is 12.5 Å². The Morgan fingerprint density at radius 3 is 3.29 bits per heavy atom. The zero-order valence-electron chi connectivity index (χ0n) is 8.19. The lowest BCUT2D eigenvalue weighted by atomic mass is 10.1. The zero-order chi connectivity index (χ0) is 9.80. The Bertz CT molecular complexity index is 298. The second-order valence-corrected chi connectivity index (χ2v) is 3.18. The third kappa shape index (κ3) is 1.86. The van der Waals surface area contributed by atoms with Crippen molar-refractivity contribution in [1.29, 1.82) is 0 Å². The number of hydrogen-bond acceptors (Lipinski definition) is 4. The highest BCUT2D eigenvalue weighted by atomic mass is 16.5. The maximum Gasteiger partial charge on any atom is 0.217 e. The van der Waals surface area contributed by atoms with Crippen LogP contribution in [0.1, 0.15) is 11.6 Å². The predicted molar refractivity (Wildman–Crippen MR) is 52.4 cm³/mol. The lowest BCUT2D eigenvalue weighted by Crippen LogP contribution is -2.34. The zero-order valence-corrected chi connectivity index (χ0v) is 8.19. The number of ether oxygens (including phenoxy) is 2. The van der Waals surface area contributed by atoms with Crippen LogP contribution in [0, 0.1) is 0 Å². The first kappa shape index (κ1) is 9.43. The highest BCUT2D eigenvalue weighted by molar-refractivity contribution is 5.29. The van der Waals surface area contributed by atoms with Gasteiger partial charge in [0.25, 0.3) is 0 Å². The topological polar surface area (TPSA) is 43.4 Å². The van der Waals surface area contributed by atoms with Crippen LogP contribution in [0.25, 0.3) is 0 Å². The molecule has 1 aromatic rings. The van der Waals surface area contributed by atoms with Gasteiger partial charge in [0.1, 0.15) is 0 Å². The van der Waals surface area contributed by atoms with Crippen LogP contribution < -0.4 is 10.1 Å². The molecule has 1 saturated heterocycles. The Kier molecular flexibility index (Phi) is 2.96. The molecule has 0 unspecified atom stereocenters. The summed E-state index contributed by atoms with van der Waals surface area (Å²) in [7, 11) is 1.63. The highest BCUT2D eigenvalue weighted by Crippen LogP contribution is 2.23. The van der Waals surface area contributed by atoms with Crippen LogP contribution in [0.3, 0.4) is 0 Å². The minimum Gasteiger partial charge on any atom is -0.481 e. The average Bonchev–Trinajstić information content (AvgIpc) is 2.30. The number of nitrogens with zero attached hydrogens (tertiary/aromatic N) is 1. The van der Waals surface area contributed by atoms with Crippen molar-refractivity contribution in [2.24, 2.45) is 0 Å². The third-order valence-electron chi connectivity index (χ3n) is 2.29. The molecular formula is C10H14N2O2. The van der Waals surface area contributed by atoms with Gasteiger partial charge in [0.2, 0.25) is 5.88 Å². The Hall–Kier alpha value is -1.13. The van der Waals surface area contributed by atoms with Crippen LogP contribution in [-0.4, -0.2) is 31.9 Å². The molecule has 76 valence electrons. The molecule has 0 saturated carbocycles. The molecule has 0 aromatic carbocycles. The molecule has 0 aliphatic carbocycles. The van der Waals surface area contributed by atoms with E-state index in [1.54, 1.807) is 13.3 Å². The van der Waals surface area contributed by atoms with Crippen LogP contribution in [0.2, 0.25) is 0 Å². The minimum atomic E-state index is 0.201. The number of hydrogen-bond donors (Lipinski definition) is 1. The van der Waals surface area contributed by atoms with Gasteiger partial charge in [0.15, 0.2) is 0 Å². The lowest BCUT2D eigenvalue weighted by molar-refractivity contribution is 0.0758. The van der Waals surface area contributed by atoms with Gasteiger partial charge in [-0.15, -0.1) is 0 Å². The molecule has 1 N–H and O–H groups in total. The minimum absolute atomic E-state index is 0.201. The first-order chi connectivity index (χ1) is 6.92. The standard InChI is InChI=1S/C10H14N2O2/c1-13-10-8(3-2-4-12-10)9-7-14-6-5-11-9/h2-4,9,11H,5-7H2,1H3/t9-/m0/s1. The van der Waals surface area contributed by atoms with Gasteiger partial charge in [-0.25, -0.2) is 4.98 Å². The fourth-order valence-corrected chi connectivity index (χ4v) is 1.60. The second kappa shape index (κ2) is 4.39. The number of rotatable bonds is 2. The molecule has 1 aliphatic rings. The summed E-state index contributed by atoms with van der Waals surface area (Å²) in [6.45, 7) is 2.34. The maximum atomic E-state index is 5.39. The fourth-order valence-electron chi connectivity index (χ4n) is 1.60. The molecule has 1 fully saturated rings. The van der Waals surface area contributed by atoms with E-state index in [4.69, 9.17) is 9.47 Å². The van der Waals surface area contributed by atoms with E-state index in [1.807, 2.05) is 12.1 Å². The van der Waals surface area contributed by atoms with E-state index in [2.05, 4.69) is 10.3 Å². The van der Waals surface area contributed by atoms with E-state index in [1.165, 1.54) is 0 Å². The molecule has 1 atom stereocenters. The van der Waals surface area contributed by atoms with Crippen molar-refractivity contribution in [3.63, 3.8) is 0 Å². The number of methoxy groups -OCH3 is 1. The lowest BCUT2D eigenvalue weighted by Gasteiger charge is -2.24. The molecule has 1 aromatic heterocycles. The Labute approximate surface area is 83.2 Å². The molecule has 0 amide bonds. The van der Waals surface area contributed by atoms with Crippen LogP contribution >= 0.6 is 0 Å². The largest absolute Gasteiger partial charge is 0.481 e. The first-order valence-corrected chi connectivity index (χ1v) is 4.72. The SMILES string of the molecule is COc1ncccc1[C@@H]1COCCN1. The summed E-state index contributed by atoms with van der Waals surface area (Å²) >= 11 is 0. The van der Waals surface area contributed by atoms with E-state index in [-0.39, 0.29) is 6.04 Å². The van der Waals surface area contributed by atoms with Gasteiger partial charge in [-0.2, -0.15) is 0 Å². The number of aromatic nitrogens is 1. The Balaban J connectivity index is 2.20. The van der Waals surface area contributed by atoms with Gasteiger partial charge in [0.05, 0.1) is 26.4 Å². The summed E-state index contributed by atoms with van der Waals surface area (Å²) in [5.74, 6) is 0.676. The molecule has 1 aliphatic heterocycles. The van der Waals surface area contributed by atoms with Gasteiger partial charge in [-0.3, -0.25) is 0 Å². The Morgan fingerprint density at radius 1 is 1.64 bits per heavy atom. The molecule has 0 bridgehead atoms. The number of nitrogens with one attached hydrogen (secondary N) is 1. The van der Waals surface area contributed by atoms with Crippen molar-refractivity contribution in [2.45, 2.75) is 6.04 Å². The summed E-state index contributed by atoms with van der Waals surface area (Å²) in [6.07, 6.45) is 1.73. The molecule has 4 heteroatoms. The van der Waals surface area contributed by atoms with Gasteiger partial charge >= 0.3 is 0 Å². The second-order valence-electron chi connectivity index (χ2n) is 3.18. The summed E-state index contributed by atoms with van der Waals surface area (Å²) in [5, 5.41) is 3.37. The molecular weight excluding hydrogens is 180 g/mol. The van der Waals surface area contributed by atoms with Crippen molar-refractivity contribution in [3.05, 3.63) is 23.9 Å². The van der Waals surface area contributed by atoms with Crippen molar-refractivity contribution in [3.8, 4) is 5.88 Å². The van der Waals surface area contributed by atoms with Crippen LogP contribution in [0.4, 0.5) is 0 Å². The molecule has 2 rings (SSSR count). The number of morpholine rings is 1. The third-order valence-corrected chi connectivity index (χ3v) is 2.29. The molecule has 0 radical (unpaired) electrons. The van der Waals surface area contributed by atoms with Crippen LogP contribution in [0.5, 0.6) is 5.88 Å². The molecule has 4 nitrogen and oxygen atoms in total. The van der Waals surface area contributed by atoms with E-state index < -0.39 is 0 Å². The predicted octanol–water partition coefficient (Wildman–Crippen LogP) is 0.751. The van der Waals surface area contributed by atoms with Crippen LogP contribution in [-0.2, 0) is 4.74 Å². The van der Waals surface area contributed by atoms with E-state index >= 15 is 0 Å². The molecule has 14 heavy (non-hydrogen) atoms. The normalized spacial score (nSPS) is 21.9. The van der Waals surface area contributed by atoms with Gasteiger partial charge in [0, 0.05) is 18.3 Å². The summed E-state index contributed by atoms with van der Waals surface area (Å²) in [6, 6.07) is 4.12. The maximum absolute atomic E-state index is 5.39. The van der Waals surface area contributed by atoms with Crippen molar-refractivity contribution < 1.29 is 9.47 Å².